The van der Waals surface area contributed by atoms with Gasteiger partial charge in [0.25, 0.3) is 0 Å². The molecule has 0 saturated heterocycles. The first kappa shape index (κ1) is 14.6. The monoisotopic (exact) mass is 274 g/mol. The lowest BCUT2D eigenvalue weighted by atomic mass is 10.1. The summed E-state index contributed by atoms with van der Waals surface area (Å²) in [4.78, 5) is 3.03. The molecule has 0 fully saturated rings. The third-order valence-corrected chi connectivity index (χ3v) is 1.95. The van der Waals surface area contributed by atoms with Gasteiger partial charge >= 0.3 is 12.5 Å². The zero-order chi connectivity index (χ0) is 14.1. The van der Waals surface area contributed by atoms with Crippen LogP contribution in [0.4, 0.5) is 26.3 Å². The second-order valence-corrected chi connectivity index (χ2v) is 3.33. The molecule has 0 radical (unpaired) electrons. The number of aryl methyl sites for hydroxylation is 1. The fourth-order valence-corrected chi connectivity index (χ4v) is 1.28. The van der Waals surface area contributed by atoms with Crippen LogP contribution in [0.5, 0.6) is 5.75 Å². The molecule has 0 amide bonds. The van der Waals surface area contributed by atoms with Crippen LogP contribution in [-0.4, -0.2) is 11.3 Å². The molecule has 2 N–H and O–H groups in total. The molecule has 0 aliphatic heterocycles. The molecule has 0 aliphatic carbocycles. The molecule has 3 nitrogen and oxygen atoms in total. The molecular weight excluding hydrogens is 266 g/mol. The summed E-state index contributed by atoms with van der Waals surface area (Å²) >= 11 is 0. The highest BCUT2D eigenvalue weighted by atomic mass is 19.4. The molecule has 18 heavy (non-hydrogen) atoms. The first-order chi connectivity index (χ1) is 8.04. The van der Waals surface area contributed by atoms with Crippen LogP contribution in [0.3, 0.4) is 0 Å². The zero-order valence-electron chi connectivity index (χ0n) is 8.99. The van der Waals surface area contributed by atoms with Gasteiger partial charge in [0.05, 0.1) is 5.69 Å². The molecule has 0 unspecified atom stereocenters. The molecule has 0 bridgehead atoms. The number of nitrogens with zero attached hydrogens (tertiary/aromatic N) is 1. The second kappa shape index (κ2) is 4.63. The van der Waals surface area contributed by atoms with Gasteiger partial charge in [0.15, 0.2) is 5.75 Å². The van der Waals surface area contributed by atoms with Crippen molar-refractivity contribution >= 4 is 0 Å². The van der Waals surface area contributed by atoms with E-state index in [0.29, 0.717) is 6.07 Å². The van der Waals surface area contributed by atoms with E-state index in [9.17, 15) is 26.3 Å². The highest BCUT2D eigenvalue weighted by Gasteiger charge is 2.37. The Morgan fingerprint density at radius 2 is 1.78 bits per heavy atom. The van der Waals surface area contributed by atoms with Crippen molar-refractivity contribution in [2.24, 2.45) is 5.73 Å². The largest absolute Gasteiger partial charge is 0.573 e. The summed E-state index contributed by atoms with van der Waals surface area (Å²) in [6.07, 6.45) is -9.78. The van der Waals surface area contributed by atoms with Crippen molar-refractivity contribution in [2.45, 2.75) is 26.0 Å². The molecule has 0 saturated carbocycles. The normalized spacial score (nSPS) is 12.7. The molecule has 1 rings (SSSR count). The molecular formula is C9H8F6N2O. The van der Waals surface area contributed by atoms with Gasteiger partial charge in [-0.25, -0.2) is 4.98 Å². The smallest absolute Gasteiger partial charge is 0.403 e. The van der Waals surface area contributed by atoms with Gasteiger partial charge in [-0.05, 0) is 13.0 Å². The third kappa shape index (κ3) is 3.49. The number of alkyl halides is 6. The van der Waals surface area contributed by atoms with Crippen LogP contribution in [0.2, 0.25) is 0 Å². The minimum Gasteiger partial charge on any atom is -0.403 e. The van der Waals surface area contributed by atoms with Gasteiger partial charge in [0, 0.05) is 12.1 Å². The average molecular weight is 274 g/mol. The number of rotatable bonds is 2. The average Bonchev–Trinajstić information content (AvgIpc) is 2.17. The highest BCUT2D eigenvalue weighted by Crippen LogP contribution is 2.34. The SMILES string of the molecule is Cc1nc(C(F)(F)F)cc(CN)c1OC(F)(F)F. The number of pyridine rings is 1. The standard InChI is InChI=1S/C9H8F6N2O/c1-4-7(18-9(13,14)15)5(3-16)2-6(17-4)8(10,11)12/h2H,3,16H2,1H3. The number of nitrogens with two attached hydrogens (primary N) is 1. The Morgan fingerprint density at radius 1 is 1.22 bits per heavy atom. The van der Waals surface area contributed by atoms with E-state index in [0.717, 1.165) is 6.92 Å². The third-order valence-electron chi connectivity index (χ3n) is 1.95. The Bertz CT molecular complexity index is 440. The molecule has 1 aromatic heterocycles. The van der Waals surface area contributed by atoms with E-state index in [1.807, 2.05) is 0 Å². The summed E-state index contributed by atoms with van der Waals surface area (Å²) in [5, 5.41) is 0. The van der Waals surface area contributed by atoms with E-state index < -0.39 is 41.8 Å². The molecule has 1 aromatic rings. The van der Waals surface area contributed by atoms with Crippen LogP contribution < -0.4 is 10.5 Å². The molecule has 0 atom stereocenters. The van der Waals surface area contributed by atoms with E-state index >= 15 is 0 Å². The maximum atomic E-state index is 12.4. The first-order valence-electron chi connectivity index (χ1n) is 4.58. The van der Waals surface area contributed by atoms with Gasteiger partial charge < -0.3 is 10.5 Å². The van der Waals surface area contributed by atoms with Gasteiger partial charge in [-0.2, -0.15) is 13.2 Å². The van der Waals surface area contributed by atoms with Crippen LogP contribution in [0.25, 0.3) is 0 Å². The lowest BCUT2D eigenvalue weighted by molar-refractivity contribution is -0.275. The van der Waals surface area contributed by atoms with Crippen LogP contribution in [-0.2, 0) is 12.7 Å². The van der Waals surface area contributed by atoms with E-state index in [1.54, 1.807) is 0 Å². The molecule has 0 aromatic carbocycles. The molecule has 102 valence electrons. The Balaban J connectivity index is 3.29. The molecule has 0 aliphatic rings. The maximum absolute atomic E-state index is 12.4. The molecule has 1 heterocycles. The van der Waals surface area contributed by atoms with E-state index in [-0.39, 0.29) is 0 Å². The van der Waals surface area contributed by atoms with Crippen molar-refractivity contribution in [3.63, 3.8) is 0 Å². The summed E-state index contributed by atoms with van der Waals surface area (Å²) in [5.41, 5.74) is 2.86. The van der Waals surface area contributed by atoms with Gasteiger partial charge in [-0.1, -0.05) is 0 Å². The minimum absolute atomic E-state index is 0.410. The summed E-state index contributed by atoms with van der Waals surface area (Å²) in [6, 6.07) is 0.439. The van der Waals surface area contributed by atoms with E-state index in [1.165, 1.54) is 0 Å². The van der Waals surface area contributed by atoms with Crippen molar-refractivity contribution in [3.8, 4) is 5.75 Å². The topological polar surface area (TPSA) is 48.1 Å². The van der Waals surface area contributed by atoms with Crippen molar-refractivity contribution in [1.29, 1.82) is 0 Å². The number of hydrogen-bond acceptors (Lipinski definition) is 3. The van der Waals surface area contributed by atoms with Crippen molar-refractivity contribution < 1.29 is 31.1 Å². The number of halogens is 6. The van der Waals surface area contributed by atoms with Gasteiger partial charge in [0.1, 0.15) is 5.69 Å². The molecule has 9 heteroatoms. The summed E-state index contributed by atoms with van der Waals surface area (Å²) in [6.45, 7) is 0.452. The predicted octanol–water partition coefficient (Wildman–Crippen LogP) is 2.77. The predicted molar refractivity (Wildman–Crippen MR) is 48.6 cm³/mol. The fraction of sp³-hybridized carbons (Fsp3) is 0.444. The van der Waals surface area contributed by atoms with Crippen molar-refractivity contribution in [3.05, 3.63) is 23.0 Å². The Kier molecular flexibility index (Phi) is 3.75. The number of aromatic nitrogens is 1. The zero-order valence-corrected chi connectivity index (χ0v) is 8.99. The summed E-state index contributed by atoms with van der Waals surface area (Å²) < 4.78 is 77.0. The quantitative estimate of drug-likeness (QED) is 0.843. The Hall–Kier alpha value is -1.51. The van der Waals surface area contributed by atoms with Crippen LogP contribution >= 0.6 is 0 Å². The van der Waals surface area contributed by atoms with Crippen LogP contribution in [0.15, 0.2) is 6.07 Å². The van der Waals surface area contributed by atoms with E-state index in [2.05, 4.69) is 9.72 Å². The lowest BCUT2D eigenvalue weighted by Crippen LogP contribution is -2.21. The van der Waals surface area contributed by atoms with Crippen molar-refractivity contribution in [2.75, 3.05) is 0 Å². The molecule has 0 spiro atoms. The van der Waals surface area contributed by atoms with Crippen molar-refractivity contribution in [1.82, 2.24) is 4.98 Å². The highest BCUT2D eigenvalue weighted by molar-refractivity contribution is 5.39. The lowest BCUT2D eigenvalue weighted by Gasteiger charge is -2.16. The Morgan fingerprint density at radius 3 is 2.17 bits per heavy atom. The van der Waals surface area contributed by atoms with Gasteiger partial charge in [-0.15, -0.1) is 13.2 Å². The summed E-state index contributed by atoms with van der Waals surface area (Å²) in [5.74, 6) is -0.794. The van der Waals surface area contributed by atoms with Gasteiger partial charge in [0.2, 0.25) is 0 Å². The first-order valence-corrected chi connectivity index (χ1v) is 4.58. The number of hydrogen-bond donors (Lipinski definition) is 1. The Labute approximate surface area is 97.6 Å². The second-order valence-electron chi connectivity index (χ2n) is 3.33. The summed E-state index contributed by atoms with van der Waals surface area (Å²) in [7, 11) is 0. The maximum Gasteiger partial charge on any atom is 0.573 e. The fourth-order valence-electron chi connectivity index (χ4n) is 1.28. The van der Waals surface area contributed by atoms with Gasteiger partial charge in [-0.3, -0.25) is 0 Å². The van der Waals surface area contributed by atoms with Crippen LogP contribution in [0.1, 0.15) is 17.0 Å². The van der Waals surface area contributed by atoms with E-state index in [4.69, 9.17) is 5.73 Å². The minimum atomic E-state index is -5.02. The van der Waals surface area contributed by atoms with Crippen LogP contribution in [0, 0.1) is 6.92 Å². The number of ether oxygens (including phenoxy) is 1.